The summed E-state index contributed by atoms with van der Waals surface area (Å²) < 4.78 is 0. The van der Waals surface area contributed by atoms with E-state index in [2.05, 4.69) is 11.5 Å². The first kappa shape index (κ1) is 8.75. The lowest BCUT2D eigenvalue weighted by molar-refractivity contribution is 0.0835. The van der Waals surface area contributed by atoms with Crippen molar-refractivity contribution in [1.29, 1.82) is 0 Å². The lowest BCUT2D eigenvalue weighted by Crippen LogP contribution is -2.36. The van der Waals surface area contributed by atoms with Crippen molar-refractivity contribution in [3.63, 3.8) is 0 Å². The Hall–Kier alpha value is -0.340. The molecule has 1 aliphatic rings. The zero-order valence-corrected chi connectivity index (χ0v) is 7.00. The van der Waals surface area contributed by atoms with Crippen LogP contribution in [0.2, 0.25) is 0 Å². The molecule has 1 N–H and O–H groups in total. The molecule has 0 bridgehead atoms. The first-order valence-electron chi connectivity index (χ1n) is 4.34. The third kappa shape index (κ3) is 3.04. The van der Waals surface area contributed by atoms with Gasteiger partial charge in [0.2, 0.25) is 0 Å². The largest absolute Gasteiger partial charge is 0.393 e. The molecule has 1 rings (SSSR count). The Morgan fingerprint density at radius 1 is 1.45 bits per heavy atom. The van der Waals surface area contributed by atoms with Gasteiger partial charge in [0, 0.05) is 19.6 Å². The zero-order valence-electron chi connectivity index (χ0n) is 7.00. The average Bonchev–Trinajstić information content (AvgIpc) is 2.04. The second kappa shape index (κ2) is 4.52. The van der Waals surface area contributed by atoms with Crippen molar-refractivity contribution in [1.82, 2.24) is 4.90 Å². The highest BCUT2D eigenvalue weighted by Crippen LogP contribution is 2.09. The standard InChI is InChI=1S/C9H17NO/c1-2-3-6-10-7-4-9(11)5-8-10/h2,9,11H,1,3-8H2. The van der Waals surface area contributed by atoms with Crippen LogP contribution in [-0.4, -0.2) is 35.7 Å². The molecule has 1 aliphatic heterocycles. The Balaban J connectivity index is 2.12. The summed E-state index contributed by atoms with van der Waals surface area (Å²) in [5.74, 6) is 0. The van der Waals surface area contributed by atoms with E-state index in [0.717, 1.165) is 38.9 Å². The summed E-state index contributed by atoms with van der Waals surface area (Å²) in [6.45, 7) is 6.89. The van der Waals surface area contributed by atoms with Crippen LogP contribution in [0, 0.1) is 0 Å². The summed E-state index contributed by atoms with van der Waals surface area (Å²) in [4.78, 5) is 2.38. The molecule has 0 atom stereocenters. The fourth-order valence-electron chi connectivity index (χ4n) is 1.42. The van der Waals surface area contributed by atoms with Crippen LogP contribution < -0.4 is 0 Å². The van der Waals surface area contributed by atoms with Crippen molar-refractivity contribution in [2.45, 2.75) is 25.4 Å². The molecule has 0 aromatic rings. The maximum Gasteiger partial charge on any atom is 0.0564 e. The zero-order chi connectivity index (χ0) is 8.10. The van der Waals surface area contributed by atoms with Gasteiger partial charge in [-0.05, 0) is 19.3 Å². The minimum absolute atomic E-state index is 0.0463. The highest BCUT2D eigenvalue weighted by molar-refractivity contribution is 4.74. The number of aliphatic hydroxyl groups excluding tert-OH is 1. The summed E-state index contributed by atoms with van der Waals surface area (Å²) >= 11 is 0. The van der Waals surface area contributed by atoms with Gasteiger partial charge in [0.15, 0.2) is 0 Å². The fourth-order valence-corrected chi connectivity index (χ4v) is 1.42. The summed E-state index contributed by atoms with van der Waals surface area (Å²) in [6, 6.07) is 0. The molecule has 1 fully saturated rings. The van der Waals surface area contributed by atoms with E-state index in [1.807, 2.05) is 6.08 Å². The van der Waals surface area contributed by atoms with Crippen LogP contribution in [0.4, 0.5) is 0 Å². The average molecular weight is 155 g/mol. The number of nitrogens with zero attached hydrogens (tertiary/aromatic N) is 1. The van der Waals surface area contributed by atoms with Crippen LogP contribution in [0.3, 0.4) is 0 Å². The lowest BCUT2D eigenvalue weighted by Gasteiger charge is -2.28. The van der Waals surface area contributed by atoms with Gasteiger partial charge in [-0.3, -0.25) is 0 Å². The van der Waals surface area contributed by atoms with Gasteiger partial charge in [0.1, 0.15) is 0 Å². The van der Waals surface area contributed by atoms with Crippen molar-refractivity contribution in [2.75, 3.05) is 19.6 Å². The van der Waals surface area contributed by atoms with Gasteiger partial charge < -0.3 is 10.0 Å². The van der Waals surface area contributed by atoms with Crippen LogP contribution in [0.15, 0.2) is 12.7 Å². The molecule has 0 aromatic carbocycles. The van der Waals surface area contributed by atoms with Crippen LogP contribution in [0.25, 0.3) is 0 Å². The molecule has 0 aliphatic carbocycles. The van der Waals surface area contributed by atoms with E-state index in [1.165, 1.54) is 0 Å². The predicted octanol–water partition coefficient (Wildman–Crippen LogP) is 1.02. The minimum Gasteiger partial charge on any atom is -0.393 e. The molecule has 2 heteroatoms. The number of likely N-dealkylation sites (tertiary alicyclic amines) is 1. The molecule has 0 radical (unpaired) electrons. The third-order valence-corrected chi connectivity index (χ3v) is 2.21. The molecule has 0 spiro atoms. The molecular weight excluding hydrogens is 138 g/mol. The highest BCUT2D eigenvalue weighted by Gasteiger charge is 2.15. The summed E-state index contributed by atoms with van der Waals surface area (Å²) in [6.07, 6.45) is 4.85. The minimum atomic E-state index is -0.0463. The quantitative estimate of drug-likeness (QED) is 0.615. The second-order valence-electron chi connectivity index (χ2n) is 3.15. The highest BCUT2D eigenvalue weighted by atomic mass is 16.3. The Kier molecular flexibility index (Phi) is 3.60. The molecule has 11 heavy (non-hydrogen) atoms. The Bertz CT molecular complexity index is 117. The maximum absolute atomic E-state index is 9.21. The summed E-state index contributed by atoms with van der Waals surface area (Å²) in [5.41, 5.74) is 0. The summed E-state index contributed by atoms with van der Waals surface area (Å²) in [5, 5.41) is 9.21. The van der Waals surface area contributed by atoms with Crippen molar-refractivity contribution in [3.05, 3.63) is 12.7 Å². The molecule has 0 aromatic heterocycles. The molecule has 0 saturated carbocycles. The van der Waals surface area contributed by atoms with Crippen LogP contribution in [0.5, 0.6) is 0 Å². The lowest BCUT2D eigenvalue weighted by atomic mass is 10.1. The molecule has 0 unspecified atom stereocenters. The number of piperidine rings is 1. The van der Waals surface area contributed by atoms with Crippen LogP contribution >= 0.6 is 0 Å². The van der Waals surface area contributed by atoms with Gasteiger partial charge in [-0.2, -0.15) is 0 Å². The van der Waals surface area contributed by atoms with E-state index in [0.29, 0.717) is 0 Å². The van der Waals surface area contributed by atoms with E-state index < -0.39 is 0 Å². The fraction of sp³-hybridized carbons (Fsp3) is 0.778. The van der Waals surface area contributed by atoms with E-state index in [-0.39, 0.29) is 6.10 Å². The van der Waals surface area contributed by atoms with Crippen molar-refractivity contribution < 1.29 is 5.11 Å². The van der Waals surface area contributed by atoms with Crippen LogP contribution in [-0.2, 0) is 0 Å². The van der Waals surface area contributed by atoms with E-state index in [1.54, 1.807) is 0 Å². The molecule has 1 heterocycles. The third-order valence-electron chi connectivity index (χ3n) is 2.21. The molecule has 0 amide bonds. The molecule has 1 saturated heterocycles. The Labute approximate surface area is 68.5 Å². The Morgan fingerprint density at radius 3 is 2.64 bits per heavy atom. The normalized spacial score (nSPS) is 21.9. The monoisotopic (exact) mass is 155 g/mol. The van der Waals surface area contributed by atoms with Crippen molar-refractivity contribution in [3.8, 4) is 0 Å². The number of aliphatic hydroxyl groups is 1. The smallest absolute Gasteiger partial charge is 0.0564 e. The molecule has 2 nitrogen and oxygen atoms in total. The number of rotatable bonds is 3. The van der Waals surface area contributed by atoms with E-state index in [4.69, 9.17) is 0 Å². The van der Waals surface area contributed by atoms with Gasteiger partial charge in [0.25, 0.3) is 0 Å². The topological polar surface area (TPSA) is 23.5 Å². The van der Waals surface area contributed by atoms with Gasteiger partial charge in [-0.25, -0.2) is 0 Å². The first-order valence-corrected chi connectivity index (χ1v) is 4.34. The second-order valence-corrected chi connectivity index (χ2v) is 3.15. The van der Waals surface area contributed by atoms with Gasteiger partial charge in [-0.15, -0.1) is 6.58 Å². The summed E-state index contributed by atoms with van der Waals surface area (Å²) in [7, 11) is 0. The maximum atomic E-state index is 9.21. The molecule has 64 valence electrons. The number of hydrogen-bond acceptors (Lipinski definition) is 2. The SMILES string of the molecule is C=CCCN1CCC(O)CC1. The van der Waals surface area contributed by atoms with Crippen molar-refractivity contribution in [2.24, 2.45) is 0 Å². The van der Waals surface area contributed by atoms with Gasteiger partial charge in [-0.1, -0.05) is 6.08 Å². The molecular formula is C9H17NO. The van der Waals surface area contributed by atoms with Gasteiger partial charge in [0.05, 0.1) is 6.10 Å². The predicted molar refractivity (Wildman–Crippen MR) is 46.5 cm³/mol. The van der Waals surface area contributed by atoms with E-state index in [9.17, 15) is 5.11 Å². The van der Waals surface area contributed by atoms with Gasteiger partial charge >= 0.3 is 0 Å². The van der Waals surface area contributed by atoms with E-state index >= 15 is 0 Å². The van der Waals surface area contributed by atoms with Crippen LogP contribution in [0.1, 0.15) is 19.3 Å². The first-order chi connectivity index (χ1) is 5.33. The Morgan fingerprint density at radius 2 is 2.09 bits per heavy atom. The number of hydrogen-bond donors (Lipinski definition) is 1. The van der Waals surface area contributed by atoms with Crippen molar-refractivity contribution >= 4 is 0 Å².